The number of rotatable bonds is 9. The second kappa shape index (κ2) is 12.6. The Bertz CT molecular complexity index is 1750. The van der Waals surface area contributed by atoms with Gasteiger partial charge < -0.3 is 15.1 Å². The van der Waals surface area contributed by atoms with Crippen LogP contribution in [0.15, 0.2) is 106 Å². The number of hydrogen-bond donors (Lipinski definition) is 2. The molecule has 1 atom stereocenters. The van der Waals surface area contributed by atoms with Crippen LogP contribution in [0.5, 0.6) is 0 Å². The zero-order valence-electron chi connectivity index (χ0n) is 22.7. The van der Waals surface area contributed by atoms with E-state index in [9.17, 15) is 29.3 Å². The fraction of sp³-hybridized carbons (Fsp3) is 0.0968. The van der Waals surface area contributed by atoms with Crippen molar-refractivity contribution in [2.24, 2.45) is 0 Å². The van der Waals surface area contributed by atoms with Gasteiger partial charge in [0.25, 0.3) is 17.5 Å². The minimum absolute atomic E-state index is 0.0448. The number of aryl methyl sites for hydroxylation is 1. The van der Waals surface area contributed by atoms with E-state index >= 15 is 0 Å². The number of hydrogen-bond acceptors (Lipinski definition) is 8. The summed E-state index contributed by atoms with van der Waals surface area (Å²) in [5.41, 5.74) is 0.831. The first kappa shape index (κ1) is 29.0. The van der Waals surface area contributed by atoms with Gasteiger partial charge >= 0.3 is 0 Å². The SMILES string of the molecule is Cc1ccc(/C=C(/NC(=O)c2ccccc2)C(=O)Nc2cccc(S[C@@H]3CC(=O)N(c4ccc([N+](=O)[O-])cc4)C3=O)c2)o1. The molecule has 0 unspecified atom stereocenters. The van der Waals surface area contributed by atoms with Crippen molar-refractivity contribution in [3.05, 3.63) is 124 Å². The summed E-state index contributed by atoms with van der Waals surface area (Å²) in [5, 5.41) is 15.6. The van der Waals surface area contributed by atoms with Gasteiger partial charge in [-0.3, -0.25) is 29.3 Å². The molecule has 4 amide bonds. The number of nitrogens with zero attached hydrogens (tertiary/aromatic N) is 2. The number of carbonyl (C=O) groups excluding carboxylic acids is 4. The number of carbonyl (C=O) groups is 4. The molecule has 1 aromatic heterocycles. The van der Waals surface area contributed by atoms with E-state index in [0.717, 1.165) is 16.7 Å². The lowest BCUT2D eigenvalue weighted by atomic mass is 10.2. The summed E-state index contributed by atoms with van der Waals surface area (Å²) in [6.07, 6.45) is 1.37. The predicted octanol–water partition coefficient (Wildman–Crippen LogP) is 5.33. The van der Waals surface area contributed by atoms with Crippen LogP contribution in [0.25, 0.3) is 6.08 Å². The molecule has 4 aromatic rings. The van der Waals surface area contributed by atoms with Gasteiger partial charge in [0.05, 0.1) is 15.9 Å². The first-order valence-electron chi connectivity index (χ1n) is 13.0. The van der Waals surface area contributed by atoms with Crippen LogP contribution in [0.1, 0.15) is 28.3 Å². The van der Waals surface area contributed by atoms with Gasteiger partial charge in [-0.2, -0.15) is 0 Å². The third kappa shape index (κ3) is 6.88. The summed E-state index contributed by atoms with van der Waals surface area (Å²) in [4.78, 5) is 64.0. The Morgan fingerprint density at radius 3 is 2.42 bits per heavy atom. The van der Waals surface area contributed by atoms with Gasteiger partial charge in [-0.1, -0.05) is 24.3 Å². The number of nitro groups is 1. The lowest BCUT2D eigenvalue weighted by Gasteiger charge is -2.15. The normalized spacial score (nSPS) is 15.0. The molecule has 0 radical (unpaired) electrons. The molecule has 1 saturated heterocycles. The number of furan rings is 1. The van der Waals surface area contributed by atoms with E-state index in [-0.39, 0.29) is 23.5 Å². The van der Waals surface area contributed by atoms with Crippen LogP contribution in [0.3, 0.4) is 0 Å². The molecule has 0 spiro atoms. The zero-order valence-corrected chi connectivity index (χ0v) is 23.5. The maximum atomic E-state index is 13.3. The lowest BCUT2D eigenvalue weighted by Crippen LogP contribution is -2.31. The smallest absolute Gasteiger partial charge is 0.272 e. The van der Waals surface area contributed by atoms with E-state index in [0.29, 0.717) is 27.7 Å². The van der Waals surface area contributed by atoms with Crippen LogP contribution in [0, 0.1) is 17.0 Å². The number of amides is 4. The van der Waals surface area contributed by atoms with Crippen molar-refractivity contribution in [2.45, 2.75) is 23.5 Å². The number of thioether (sulfide) groups is 1. The third-order valence-electron chi connectivity index (χ3n) is 6.37. The Hall–Kier alpha value is -5.49. The molecule has 2 N–H and O–H groups in total. The van der Waals surface area contributed by atoms with E-state index in [1.54, 1.807) is 73.7 Å². The van der Waals surface area contributed by atoms with Gasteiger partial charge in [0, 0.05) is 40.8 Å². The molecule has 1 aliphatic rings. The summed E-state index contributed by atoms with van der Waals surface area (Å²) < 4.78 is 5.57. The van der Waals surface area contributed by atoms with Gasteiger partial charge in [0.2, 0.25) is 11.8 Å². The molecule has 3 aromatic carbocycles. The second-order valence-electron chi connectivity index (χ2n) is 9.46. The predicted molar refractivity (Wildman–Crippen MR) is 160 cm³/mol. The Morgan fingerprint density at radius 1 is 1.00 bits per heavy atom. The summed E-state index contributed by atoms with van der Waals surface area (Å²) >= 11 is 1.16. The van der Waals surface area contributed by atoms with Crippen molar-refractivity contribution >= 4 is 58.5 Å². The monoisotopic (exact) mass is 596 g/mol. The minimum atomic E-state index is -0.726. The highest BCUT2D eigenvalue weighted by atomic mass is 32.2. The van der Waals surface area contributed by atoms with Crippen LogP contribution in [0.4, 0.5) is 17.1 Å². The molecular formula is C31H24N4O7S. The van der Waals surface area contributed by atoms with Crippen LogP contribution in [-0.2, 0) is 14.4 Å². The molecule has 12 heteroatoms. The van der Waals surface area contributed by atoms with E-state index < -0.39 is 33.8 Å². The Balaban J connectivity index is 1.30. The lowest BCUT2D eigenvalue weighted by molar-refractivity contribution is -0.384. The molecule has 5 rings (SSSR count). The number of anilines is 2. The van der Waals surface area contributed by atoms with Crippen LogP contribution in [0.2, 0.25) is 0 Å². The molecule has 0 saturated carbocycles. The third-order valence-corrected chi connectivity index (χ3v) is 7.55. The number of nitrogens with one attached hydrogen (secondary N) is 2. The molecule has 0 aliphatic carbocycles. The molecule has 0 bridgehead atoms. The molecule has 43 heavy (non-hydrogen) atoms. The van der Waals surface area contributed by atoms with Crippen molar-refractivity contribution in [1.29, 1.82) is 0 Å². The van der Waals surface area contributed by atoms with Crippen molar-refractivity contribution in [3.8, 4) is 0 Å². The zero-order chi connectivity index (χ0) is 30.5. The van der Waals surface area contributed by atoms with E-state index in [4.69, 9.17) is 4.42 Å². The van der Waals surface area contributed by atoms with Gasteiger partial charge in [-0.05, 0) is 61.5 Å². The van der Waals surface area contributed by atoms with Crippen molar-refractivity contribution in [3.63, 3.8) is 0 Å². The second-order valence-corrected chi connectivity index (χ2v) is 10.7. The molecule has 1 fully saturated rings. The van der Waals surface area contributed by atoms with Crippen LogP contribution in [-0.4, -0.2) is 33.8 Å². The average molecular weight is 597 g/mol. The number of non-ortho nitro benzene ring substituents is 1. The summed E-state index contributed by atoms with van der Waals surface area (Å²) in [6, 6.07) is 23.8. The number of imide groups is 1. The molecule has 216 valence electrons. The van der Waals surface area contributed by atoms with Gasteiger partial charge in [-0.15, -0.1) is 11.8 Å². The first-order valence-corrected chi connectivity index (χ1v) is 13.9. The van der Waals surface area contributed by atoms with Crippen molar-refractivity contribution in [1.82, 2.24) is 5.32 Å². The van der Waals surface area contributed by atoms with Crippen molar-refractivity contribution < 1.29 is 28.5 Å². The van der Waals surface area contributed by atoms with E-state index in [1.165, 1.54) is 30.3 Å². The Kier molecular flexibility index (Phi) is 8.49. The topological polar surface area (TPSA) is 152 Å². The average Bonchev–Trinajstić information content (AvgIpc) is 3.53. The van der Waals surface area contributed by atoms with E-state index in [1.807, 2.05) is 0 Å². The maximum Gasteiger partial charge on any atom is 0.272 e. The highest BCUT2D eigenvalue weighted by molar-refractivity contribution is 8.00. The Morgan fingerprint density at radius 2 is 1.74 bits per heavy atom. The van der Waals surface area contributed by atoms with Crippen LogP contribution >= 0.6 is 11.8 Å². The van der Waals surface area contributed by atoms with E-state index in [2.05, 4.69) is 10.6 Å². The summed E-state index contributed by atoms with van der Waals surface area (Å²) in [5.74, 6) is -0.924. The van der Waals surface area contributed by atoms with Gasteiger partial charge in [-0.25, -0.2) is 4.90 Å². The largest absolute Gasteiger partial charge is 0.462 e. The molecule has 2 heterocycles. The van der Waals surface area contributed by atoms with Crippen molar-refractivity contribution in [2.75, 3.05) is 10.2 Å². The molecule has 1 aliphatic heterocycles. The highest BCUT2D eigenvalue weighted by Gasteiger charge is 2.40. The minimum Gasteiger partial charge on any atom is -0.462 e. The molecular weight excluding hydrogens is 572 g/mol. The molecule has 11 nitrogen and oxygen atoms in total. The maximum absolute atomic E-state index is 13.3. The standard InChI is InChI=1S/C31H24N4O7S/c1-19-10-15-24(42-19)17-26(33-29(37)20-6-3-2-4-7-20)30(38)32-21-8-5-9-25(16-21)43-27-18-28(36)34(31(27)39)22-11-13-23(14-12-22)35(40)41/h2-17,27H,18H2,1H3,(H,32,38)(H,33,37)/b26-17+/t27-/m1/s1. The number of nitro benzene ring substituents is 1. The first-order chi connectivity index (χ1) is 20.7. The summed E-state index contributed by atoms with van der Waals surface area (Å²) in [6.45, 7) is 1.76. The quantitative estimate of drug-likeness (QED) is 0.114. The van der Waals surface area contributed by atoms with Gasteiger partial charge in [0.1, 0.15) is 17.2 Å². The fourth-order valence-electron chi connectivity index (χ4n) is 4.32. The Labute approximate surface area is 249 Å². The highest BCUT2D eigenvalue weighted by Crippen LogP contribution is 2.35. The van der Waals surface area contributed by atoms with Crippen LogP contribution < -0.4 is 15.5 Å². The number of benzene rings is 3. The fourth-order valence-corrected chi connectivity index (χ4v) is 5.43. The van der Waals surface area contributed by atoms with Gasteiger partial charge in [0.15, 0.2) is 0 Å². The summed E-state index contributed by atoms with van der Waals surface area (Å²) in [7, 11) is 0.